The topological polar surface area (TPSA) is 63.7 Å². The molecule has 1 N–H and O–H groups in total. The minimum Gasteiger partial charge on any atom is -0.493 e. The van der Waals surface area contributed by atoms with Crippen LogP contribution in [0.2, 0.25) is 0 Å². The summed E-state index contributed by atoms with van der Waals surface area (Å²) in [6.07, 6.45) is 6.63. The van der Waals surface area contributed by atoms with Crippen molar-refractivity contribution in [2.24, 2.45) is 0 Å². The molecular weight excluding hydrogens is 246 g/mol. The van der Waals surface area contributed by atoms with Crippen molar-refractivity contribution in [3.05, 3.63) is 18.3 Å². The van der Waals surface area contributed by atoms with Crippen molar-refractivity contribution in [1.29, 1.82) is 0 Å². The normalized spacial score (nSPS) is 9.53. The van der Waals surface area contributed by atoms with E-state index in [1.165, 1.54) is 12.0 Å². The van der Waals surface area contributed by atoms with Gasteiger partial charge in [0.1, 0.15) is 6.61 Å². The van der Waals surface area contributed by atoms with E-state index in [0.29, 0.717) is 24.7 Å². The lowest BCUT2D eigenvalue weighted by atomic mass is 10.4. The molecule has 0 unspecified atom stereocenters. The number of pyridine rings is 1. The molecule has 2 amide bonds. The number of aromatic nitrogens is 1. The molecule has 0 aliphatic carbocycles. The second kappa shape index (κ2) is 7.95. The van der Waals surface area contributed by atoms with Gasteiger partial charge in [-0.05, 0) is 12.1 Å². The maximum absolute atomic E-state index is 11.9. The van der Waals surface area contributed by atoms with Crippen LogP contribution in [0.1, 0.15) is 0 Å². The zero-order valence-corrected chi connectivity index (χ0v) is 11.0. The first-order valence-corrected chi connectivity index (χ1v) is 5.71. The number of hydrogen-bond acceptors (Lipinski definition) is 4. The monoisotopic (exact) mass is 263 g/mol. The number of ether oxygens (including phenoxy) is 2. The van der Waals surface area contributed by atoms with Gasteiger partial charge in [-0.1, -0.05) is 5.92 Å². The lowest BCUT2D eigenvalue weighted by molar-refractivity contribution is 0.143. The van der Waals surface area contributed by atoms with E-state index in [1.54, 1.807) is 25.4 Å². The second-order valence-electron chi connectivity index (χ2n) is 3.66. The molecule has 1 heterocycles. The second-order valence-corrected chi connectivity index (χ2v) is 3.66. The minimum absolute atomic E-state index is 0.240. The highest BCUT2D eigenvalue weighted by atomic mass is 16.5. The maximum Gasteiger partial charge on any atom is 0.322 e. The van der Waals surface area contributed by atoms with Crippen LogP contribution in [0.25, 0.3) is 0 Å². The highest BCUT2D eigenvalue weighted by Gasteiger charge is 2.11. The Morgan fingerprint density at radius 1 is 1.63 bits per heavy atom. The Morgan fingerprint density at radius 3 is 3.11 bits per heavy atom. The zero-order valence-electron chi connectivity index (χ0n) is 11.0. The third kappa shape index (κ3) is 4.85. The first kappa shape index (κ1) is 14.8. The molecule has 0 fully saturated rings. The Bertz CT molecular complexity index is 457. The Kier molecular flexibility index (Phi) is 6.19. The van der Waals surface area contributed by atoms with Crippen LogP contribution in [0.15, 0.2) is 18.3 Å². The number of terminal acetylenes is 1. The molecule has 102 valence electrons. The van der Waals surface area contributed by atoms with Gasteiger partial charge in [-0.15, -0.1) is 6.42 Å². The number of anilines is 1. The van der Waals surface area contributed by atoms with Crippen molar-refractivity contribution in [3.8, 4) is 18.1 Å². The van der Waals surface area contributed by atoms with Gasteiger partial charge >= 0.3 is 6.03 Å². The van der Waals surface area contributed by atoms with Crippen LogP contribution >= 0.6 is 0 Å². The maximum atomic E-state index is 11.9. The number of methoxy groups -OCH3 is 1. The molecular formula is C13H17N3O3. The molecule has 0 spiro atoms. The number of nitrogens with zero attached hydrogens (tertiary/aromatic N) is 2. The van der Waals surface area contributed by atoms with Gasteiger partial charge in [0.2, 0.25) is 0 Å². The number of nitrogens with one attached hydrogen (secondary N) is 1. The Balaban J connectivity index is 2.47. The van der Waals surface area contributed by atoms with Crippen molar-refractivity contribution in [2.75, 3.05) is 39.2 Å². The molecule has 0 aliphatic rings. The van der Waals surface area contributed by atoms with Crippen molar-refractivity contribution in [1.82, 2.24) is 9.88 Å². The van der Waals surface area contributed by atoms with Gasteiger partial charge in [0.05, 0.1) is 13.7 Å². The number of rotatable bonds is 6. The SMILES string of the molecule is C#CCOCCN(C)C(=O)Nc1ncccc1OC. The van der Waals surface area contributed by atoms with Crippen LogP contribution < -0.4 is 10.1 Å². The molecule has 1 rings (SSSR count). The number of urea groups is 1. The highest BCUT2D eigenvalue weighted by Crippen LogP contribution is 2.19. The molecule has 1 aromatic heterocycles. The lowest BCUT2D eigenvalue weighted by Crippen LogP contribution is -2.34. The predicted molar refractivity (Wildman–Crippen MR) is 72.1 cm³/mol. The summed E-state index contributed by atoms with van der Waals surface area (Å²) in [5.74, 6) is 3.25. The van der Waals surface area contributed by atoms with E-state index < -0.39 is 0 Å². The van der Waals surface area contributed by atoms with E-state index in [4.69, 9.17) is 15.9 Å². The van der Waals surface area contributed by atoms with Crippen LogP contribution in [-0.2, 0) is 4.74 Å². The lowest BCUT2D eigenvalue weighted by Gasteiger charge is -2.18. The molecule has 6 nitrogen and oxygen atoms in total. The van der Waals surface area contributed by atoms with E-state index in [9.17, 15) is 4.79 Å². The molecule has 0 aliphatic heterocycles. The quantitative estimate of drug-likeness (QED) is 0.619. The van der Waals surface area contributed by atoms with E-state index in [1.807, 2.05) is 0 Å². The van der Waals surface area contributed by atoms with Crippen molar-refractivity contribution in [3.63, 3.8) is 0 Å². The molecule has 0 radical (unpaired) electrons. The van der Waals surface area contributed by atoms with Gasteiger partial charge in [-0.3, -0.25) is 5.32 Å². The van der Waals surface area contributed by atoms with Crippen LogP contribution in [0.3, 0.4) is 0 Å². The third-order valence-electron chi connectivity index (χ3n) is 2.32. The van der Waals surface area contributed by atoms with Crippen molar-refractivity contribution < 1.29 is 14.3 Å². The third-order valence-corrected chi connectivity index (χ3v) is 2.32. The number of likely N-dealkylation sites (N-methyl/N-ethyl adjacent to an activating group) is 1. The first-order valence-electron chi connectivity index (χ1n) is 5.71. The smallest absolute Gasteiger partial charge is 0.322 e. The summed E-state index contributed by atoms with van der Waals surface area (Å²) in [4.78, 5) is 17.4. The Morgan fingerprint density at radius 2 is 2.42 bits per heavy atom. The molecule has 0 atom stereocenters. The van der Waals surface area contributed by atoms with Gasteiger partial charge in [-0.25, -0.2) is 9.78 Å². The summed E-state index contributed by atoms with van der Waals surface area (Å²) in [5, 5.41) is 2.66. The summed E-state index contributed by atoms with van der Waals surface area (Å²) >= 11 is 0. The molecule has 6 heteroatoms. The standard InChI is InChI=1S/C13H17N3O3/c1-4-9-19-10-8-16(2)13(17)15-12-11(18-3)6-5-7-14-12/h1,5-7H,8-10H2,2-3H3,(H,14,15,17). The van der Waals surface area contributed by atoms with Crippen LogP contribution in [0.5, 0.6) is 5.75 Å². The van der Waals surface area contributed by atoms with Crippen molar-refractivity contribution in [2.45, 2.75) is 0 Å². The van der Waals surface area contributed by atoms with Gasteiger partial charge < -0.3 is 14.4 Å². The van der Waals surface area contributed by atoms with Crippen LogP contribution in [0.4, 0.5) is 10.6 Å². The van der Waals surface area contributed by atoms with Crippen molar-refractivity contribution >= 4 is 11.8 Å². The molecule has 0 saturated carbocycles. The summed E-state index contributed by atoms with van der Waals surface area (Å²) in [7, 11) is 3.17. The first-order chi connectivity index (χ1) is 9.19. The van der Waals surface area contributed by atoms with Gasteiger partial charge in [-0.2, -0.15) is 0 Å². The summed E-state index contributed by atoms with van der Waals surface area (Å²) < 4.78 is 10.2. The van der Waals surface area contributed by atoms with Gasteiger partial charge in [0, 0.05) is 19.8 Å². The molecule has 0 aromatic carbocycles. The average molecular weight is 263 g/mol. The summed E-state index contributed by atoms with van der Waals surface area (Å²) in [6, 6.07) is 3.16. The molecule has 0 saturated heterocycles. The zero-order chi connectivity index (χ0) is 14.1. The fourth-order valence-corrected chi connectivity index (χ4v) is 1.28. The fourth-order valence-electron chi connectivity index (χ4n) is 1.28. The predicted octanol–water partition coefficient (Wildman–Crippen LogP) is 1.20. The number of carbonyl (C=O) groups excluding carboxylic acids is 1. The van der Waals surface area contributed by atoms with E-state index in [2.05, 4.69) is 16.2 Å². The van der Waals surface area contributed by atoms with E-state index in [-0.39, 0.29) is 12.6 Å². The number of amides is 2. The Hall–Kier alpha value is -2.26. The van der Waals surface area contributed by atoms with E-state index >= 15 is 0 Å². The average Bonchev–Trinajstić information content (AvgIpc) is 2.44. The number of hydrogen-bond donors (Lipinski definition) is 1. The molecule has 0 bridgehead atoms. The summed E-state index contributed by atoms with van der Waals surface area (Å²) in [6.45, 7) is 1.06. The van der Waals surface area contributed by atoms with Gasteiger partial charge in [0.25, 0.3) is 0 Å². The summed E-state index contributed by atoms with van der Waals surface area (Å²) in [5.41, 5.74) is 0. The highest BCUT2D eigenvalue weighted by molar-refractivity contribution is 5.89. The largest absolute Gasteiger partial charge is 0.493 e. The van der Waals surface area contributed by atoms with E-state index in [0.717, 1.165) is 0 Å². The van der Waals surface area contributed by atoms with Gasteiger partial charge in [0.15, 0.2) is 11.6 Å². The fraction of sp³-hybridized carbons (Fsp3) is 0.385. The Labute approximate surface area is 112 Å². The number of carbonyl (C=O) groups is 1. The van der Waals surface area contributed by atoms with Crippen LogP contribution in [-0.4, -0.2) is 49.8 Å². The minimum atomic E-state index is -0.290. The molecule has 19 heavy (non-hydrogen) atoms. The van der Waals surface area contributed by atoms with Crippen LogP contribution in [0, 0.1) is 12.3 Å². The molecule has 1 aromatic rings.